The van der Waals surface area contributed by atoms with Crippen molar-refractivity contribution < 1.29 is 33.3 Å². The lowest BCUT2D eigenvalue weighted by atomic mass is 9.87. The first-order valence-corrected chi connectivity index (χ1v) is 13.8. The molecular formula is C30H39N3O7. The third-order valence-electron chi connectivity index (χ3n) is 7.78. The van der Waals surface area contributed by atoms with Gasteiger partial charge in [0.05, 0.1) is 32.3 Å². The van der Waals surface area contributed by atoms with E-state index in [9.17, 15) is 14.4 Å². The minimum atomic E-state index is -0.843. The molecule has 3 heterocycles. The Balaban J connectivity index is 1.63. The van der Waals surface area contributed by atoms with Crippen molar-refractivity contribution in [3.63, 3.8) is 0 Å². The molecule has 2 aromatic rings. The number of hydrogen-bond acceptors (Lipinski definition) is 9. The zero-order valence-corrected chi connectivity index (χ0v) is 23.6. The topological polar surface area (TPSA) is 130 Å². The number of fused-ring (bicyclic) bond motifs is 3. The second kappa shape index (κ2) is 12.7. The minimum Gasteiger partial charge on any atom is -0.497 e. The van der Waals surface area contributed by atoms with Crippen molar-refractivity contribution >= 4 is 28.7 Å². The van der Waals surface area contributed by atoms with Crippen LogP contribution in [0.4, 0.5) is 0 Å². The predicted octanol–water partition coefficient (Wildman–Crippen LogP) is 3.61. The fourth-order valence-corrected chi connectivity index (χ4v) is 5.68. The minimum absolute atomic E-state index is 0.0600. The molecule has 1 amide bonds. The summed E-state index contributed by atoms with van der Waals surface area (Å²) in [6.07, 6.45) is 7.54. The van der Waals surface area contributed by atoms with Crippen molar-refractivity contribution in [3.8, 4) is 11.5 Å². The van der Waals surface area contributed by atoms with Crippen molar-refractivity contribution in [1.82, 2.24) is 9.88 Å². The molecule has 0 aliphatic carbocycles. The van der Waals surface area contributed by atoms with E-state index in [4.69, 9.17) is 29.7 Å². The molecule has 3 atom stereocenters. The number of aromatic nitrogens is 1. The van der Waals surface area contributed by atoms with Gasteiger partial charge in [0.15, 0.2) is 0 Å². The quantitative estimate of drug-likeness (QED) is 0.252. The Labute approximate surface area is 234 Å². The van der Waals surface area contributed by atoms with Gasteiger partial charge >= 0.3 is 11.9 Å². The number of rotatable bonds is 11. The second-order valence-electron chi connectivity index (χ2n) is 10.6. The molecule has 4 rings (SSSR count). The summed E-state index contributed by atoms with van der Waals surface area (Å²) < 4.78 is 22.5. The van der Waals surface area contributed by atoms with Gasteiger partial charge < -0.3 is 29.6 Å². The monoisotopic (exact) mass is 553 g/mol. The molecule has 2 aliphatic rings. The summed E-state index contributed by atoms with van der Waals surface area (Å²) in [4.78, 5) is 44.2. The lowest BCUT2D eigenvalue weighted by molar-refractivity contribution is -0.151. The Morgan fingerprint density at radius 1 is 1.27 bits per heavy atom. The molecule has 1 saturated heterocycles. The fraction of sp³-hybridized carbons (Fsp3) is 0.533. The van der Waals surface area contributed by atoms with Crippen LogP contribution in [0.25, 0.3) is 10.9 Å². The predicted molar refractivity (Wildman–Crippen MR) is 149 cm³/mol. The molecular weight excluding hydrogens is 514 g/mol. The Morgan fingerprint density at radius 3 is 2.77 bits per heavy atom. The smallest absolute Gasteiger partial charge is 0.328 e. The summed E-state index contributed by atoms with van der Waals surface area (Å²) in [6.45, 7) is 5.21. The number of benzene rings is 1. The van der Waals surface area contributed by atoms with E-state index in [1.54, 1.807) is 7.11 Å². The van der Waals surface area contributed by atoms with Gasteiger partial charge in [-0.2, -0.15) is 0 Å². The molecule has 10 heteroatoms. The maximum Gasteiger partial charge on any atom is 0.328 e. The second-order valence-corrected chi connectivity index (χ2v) is 10.6. The molecule has 1 fully saturated rings. The van der Waals surface area contributed by atoms with Crippen LogP contribution in [-0.2, 0) is 36.9 Å². The standard InChI is InChI=1S/C30H39N3O7/c1-5-6-7-8-9-10-23(31)28(35)33-18-30(16-26(33)29(36)38-4)14-13-21-22-15-20(37-3)11-12-24(22)32-25(27(21)40-30)17-39-19(2)34/h5,11-12,15,23,26H,1,6-10,13-14,16-18,31H2,2-4H3/t23-,26-,30?/m0/s1. The maximum atomic E-state index is 13.5. The highest BCUT2D eigenvalue weighted by Crippen LogP contribution is 2.45. The first-order chi connectivity index (χ1) is 19.2. The van der Waals surface area contributed by atoms with Crippen LogP contribution in [0.5, 0.6) is 11.5 Å². The average Bonchev–Trinajstić information content (AvgIpc) is 3.32. The van der Waals surface area contributed by atoms with Gasteiger partial charge in [0.2, 0.25) is 5.91 Å². The molecule has 10 nitrogen and oxygen atoms in total. The molecule has 1 spiro atoms. The number of ether oxygens (including phenoxy) is 4. The van der Waals surface area contributed by atoms with Crippen molar-refractivity contribution in [1.29, 1.82) is 0 Å². The van der Waals surface area contributed by atoms with Crippen LogP contribution in [0.1, 0.15) is 63.1 Å². The first-order valence-electron chi connectivity index (χ1n) is 13.8. The van der Waals surface area contributed by atoms with Crippen LogP contribution in [0.3, 0.4) is 0 Å². The fourth-order valence-electron chi connectivity index (χ4n) is 5.68. The summed E-state index contributed by atoms with van der Waals surface area (Å²) in [5.74, 6) is -0.0203. The largest absolute Gasteiger partial charge is 0.497 e. The lowest BCUT2D eigenvalue weighted by Crippen LogP contribution is -2.50. The summed E-state index contributed by atoms with van der Waals surface area (Å²) in [7, 11) is 2.91. The Bertz CT molecular complexity index is 1280. The zero-order valence-electron chi connectivity index (χ0n) is 23.6. The average molecular weight is 554 g/mol. The highest BCUT2D eigenvalue weighted by molar-refractivity contribution is 5.89. The maximum absolute atomic E-state index is 13.5. The van der Waals surface area contributed by atoms with E-state index in [2.05, 4.69) is 6.58 Å². The van der Waals surface area contributed by atoms with Crippen LogP contribution in [0.15, 0.2) is 30.9 Å². The molecule has 1 unspecified atom stereocenters. The normalized spacial score (nSPS) is 20.5. The third kappa shape index (κ3) is 6.22. The molecule has 0 radical (unpaired) electrons. The highest BCUT2D eigenvalue weighted by Gasteiger charge is 2.53. The number of unbranched alkanes of at least 4 members (excludes halogenated alkanes) is 3. The van der Waals surface area contributed by atoms with E-state index in [0.717, 1.165) is 42.1 Å². The van der Waals surface area contributed by atoms with E-state index in [0.29, 0.717) is 36.5 Å². The van der Waals surface area contributed by atoms with Gasteiger partial charge in [0.25, 0.3) is 0 Å². The summed E-state index contributed by atoms with van der Waals surface area (Å²) in [5.41, 5.74) is 7.61. The van der Waals surface area contributed by atoms with Gasteiger partial charge in [-0.05, 0) is 50.3 Å². The SMILES string of the molecule is C=CCCCCC[C@H](N)C(=O)N1CC2(CCc3c(c(COC(C)=O)nc4ccc(OC)cc34)O2)C[C@H]1C(=O)OC. The van der Waals surface area contributed by atoms with E-state index in [-0.39, 0.29) is 25.5 Å². The number of hydrogen-bond donors (Lipinski definition) is 1. The molecule has 0 bridgehead atoms. The number of esters is 2. The van der Waals surface area contributed by atoms with Gasteiger partial charge in [0.1, 0.15) is 35.4 Å². The number of likely N-dealkylation sites (tertiary alicyclic amines) is 1. The van der Waals surface area contributed by atoms with Crippen LogP contribution in [0.2, 0.25) is 0 Å². The summed E-state index contributed by atoms with van der Waals surface area (Å²) in [6, 6.07) is 4.06. The van der Waals surface area contributed by atoms with Crippen LogP contribution in [0, 0.1) is 0 Å². The summed E-state index contributed by atoms with van der Waals surface area (Å²) in [5, 5.41) is 0.879. The Morgan fingerprint density at radius 2 is 2.08 bits per heavy atom. The lowest BCUT2D eigenvalue weighted by Gasteiger charge is -2.37. The number of amides is 1. The molecule has 0 saturated carbocycles. The number of nitrogens with zero attached hydrogens (tertiary/aromatic N) is 2. The van der Waals surface area contributed by atoms with Crippen molar-refractivity contribution in [2.45, 2.75) is 82.6 Å². The van der Waals surface area contributed by atoms with E-state index >= 15 is 0 Å². The summed E-state index contributed by atoms with van der Waals surface area (Å²) >= 11 is 0. The molecule has 2 aliphatic heterocycles. The molecule has 1 aromatic heterocycles. The highest BCUT2D eigenvalue weighted by atomic mass is 16.5. The van der Waals surface area contributed by atoms with Gasteiger partial charge in [-0.1, -0.05) is 18.9 Å². The van der Waals surface area contributed by atoms with Gasteiger partial charge in [-0.15, -0.1) is 6.58 Å². The van der Waals surface area contributed by atoms with Crippen LogP contribution in [-0.4, -0.2) is 66.2 Å². The zero-order chi connectivity index (χ0) is 28.9. The van der Waals surface area contributed by atoms with E-state index in [1.807, 2.05) is 24.3 Å². The third-order valence-corrected chi connectivity index (χ3v) is 7.78. The number of methoxy groups -OCH3 is 2. The van der Waals surface area contributed by atoms with E-state index in [1.165, 1.54) is 18.9 Å². The number of carbonyl (C=O) groups excluding carboxylic acids is 3. The Kier molecular flexibility index (Phi) is 9.29. The molecule has 2 N–H and O–H groups in total. The van der Waals surface area contributed by atoms with Gasteiger partial charge in [-0.3, -0.25) is 9.59 Å². The van der Waals surface area contributed by atoms with Gasteiger partial charge in [0, 0.05) is 24.3 Å². The molecule has 40 heavy (non-hydrogen) atoms. The number of pyridine rings is 1. The number of allylic oxidation sites excluding steroid dienone is 1. The van der Waals surface area contributed by atoms with Crippen LogP contribution >= 0.6 is 0 Å². The number of nitrogens with two attached hydrogens (primary N) is 1. The van der Waals surface area contributed by atoms with Crippen molar-refractivity contribution in [3.05, 3.63) is 42.1 Å². The molecule has 216 valence electrons. The van der Waals surface area contributed by atoms with Crippen molar-refractivity contribution in [2.75, 3.05) is 20.8 Å². The number of aryl methyl sites for hydroxylation is 1. The number of carbonyl (C=O) groups is 3. The van der Waals surface area contributed by atoms with E-state index < -0.39 is 29.6 Å². The van der Waals surface area contributed by atoms with Crippen molar-refractivity contribution in [2.24, 2.45) is 5.73 Å². The Hall–Kier alpha value is -3.66. The molecule has 1 aromatic carbocycles. The van der Waals surface area contributed by atoms with Gasteiger partial charge in [-0.25, -0.2) is 9.78 Å². The van der Waals surface area contributed by atoms with Crippen LogP contribution < -0.4 is 15.2 Å². The first kappa shape index (κ1) is 29.3.